The first-order valence-corrected chi connectivity index (χ1v) is 13.9. The molecule has 3 aliphatic carbocycles. The highest BCUT2D eigenvalue weighted by molar-refractivity contribution is 5.77. The number of hydrogen-bond donors (Lipinski definition) is 2. The molecule has 0 saturated heterocycles. The molecule has 3 N–H and O–H groups in total. The zero-order chi connectivity index (χ0) is 28.6. The molecule has 0 bridgehead atoms. The lowest BCUT2D eigenvalue weighted by molar-refractivity contribution is -0.139. The Morgan fingerprint density at radius 2 is 1.03 bits per heavy atom. The lowest BCUT2D eigenvalue weighted by Crippen LogP contribution is -2.06. The molecule has 3 aliphatic rings. The van der Waals surface area contributed by atoms with Crippen LogP contribution in [0.1, 0.15) is 76.0 Å². The molecule has 0 amide bonds. The fraction of sp³-hybridized carbons (Fsp3) is 0.429. The maximum atomic E-state index is 11.0. The third-order valence-corrected chi connectivity index (χ3v) is 9.45. The third-order valence-electron chi connectivity index (χ3n) is 9.45. The van der Waals surface area contributed by atoms with E-state index in [0.717, 1.165) is 5.56 Å². The Kier molecular flexibility index (Phi) is 7.79. The van der Waals surface area contributed by atoms with E-state index in [4.69, 9.17) is 16.1 Å². The number of hydrogen-bond acceptors (Lipinski definition) is 3. The van der Waals surface area contributed by atoms with Gasteiger partial charge >= 0.3 is 5.97 Å². The first-order valence-electron chi connectivity index (χ1n) is 13.9. The highest BCUT2D eigenvalue weighted by atomic mass is 16.4. The molecule has 0 radical (unpaired) electrons. The van der Waals surface area contributed by atoms with Gasteiger partial charge in [-0.1, -0.05) is 133 Å². The smallest absolute Gasteiger partial charge is 0.307 e. The first-order chi connectivity index (χ1) is 18.4. The molecule has 0 aliphatic heterocycles. The van der Waals surface area contributed by atoms with Crippen molar-refractivity contribution in [3.8, 4) is 6.07 Å². The topological polar surface area (TPSA) is 87.1 Å². The molecule has 4 heteroatoms. The number of nitrogens with zero attached hydrogens (tertiary/aromatic N) is 1. The van der Waals surface area contributed by atoms with E-state index in [1.807, 2.05) is 68.4 Å². The average Bonchev–Trinajstić information content (AvgIpc) is 3.81. The van der Waals surface area contributed by atoms with Crippen molar-refractivity contribution in [1.82, 2.24) is 0 Å². The summed E-state index contributed by atoms with van der Waals surface area (Å²) in [4.78, 5) is 11.0. The van der Waals surface area contributed by atoms with E-state index in [2.05, 4.69) is 70.2 Å². The molecular formula is C35H42N2O2. The molecule has 2 unspecified atom stereocenters. The van der Waals surface area contributed by atoms with E-state index in [1.165, 1.54) is 11.1 Å². The van der Waals surface area contributed by atoms with Crippen molar-refractivity contribution in [2.45, 2.75) is 65.3 Å². The van der Waals surface area contributed by atoms with Crippen molar-refractivity contribution in [3.63, 3.8) is 0 Å². The minimum Gasteiger partial charge on any atom is -0.481 e. The van der Waals surface area contributed by atoms with Gasteiger partial charge < -0.3 is 10.8 Å². The molecule has 6 atom stereocenters. The molecule has 4 nitrogen and oxygen atoms in total. The first kappa shape index (κ1) is 28.6. The van der Waals surface area contributed by atoms with Gasteiger partial charge in [-0.05, 0) is 32.9 Å². The fourth-order valence-corrected chi connectivity index (χ4v) is 6.52. The van der Waals surface area contributed by atoms with Crippen LogP contribution in [0.2, 0.25) is 0 Å². The number of rotatable bonds is 4. The van der Waals surface area contributed by atoms with Crippen molar-refractivity contribution in [2.24, 2.45) is 33.8 Å². The van der Waals surface area contributed by atoms with Crippen LogP contribution in [0.4, 0.5) is 0 Å². The number of nitriles is 1. The molecule has 0 heterocycles. The summed E-state index contributed by atoms with van der Waals surface area (Å²) in [5.74, 6) is 0.502. The predicted octanol–water partition coefficient (Wildman–Crippen LogP) is 7.60. The largest absolute Gasteiger partial charge is 0.481 e. The van der Waals surface area contributed by atoms with E-state index in [0.29, 0.717) is 23.3 Å². The second-order valence-corrected chi connectivity index (χ2v) is 13.1. The number of carbonyl (C=O) groups is 1. The van der Waals surface area contributed by atoms with E-state index < -0.39 is 5.97 Å². The van der Waals surface area contributed by atoms with Gasteiger partial charge in [0.2, 0.25) is 0 Å². The monoisotopic (exact) mass is 522 g/mol. The summed E-state index contributed by atoms with van der Waals surface area (Å²) in [5.41, 5.74) is 10.2. The standard InChI is InChI=1S/C12H13N.C12H14O2.C11H15N/c1-12(2)10(8-13)11(12)9-6-4-3-5-7-9;1-12(2)9(10(12)11(13)14)8-6-4-3-5-7-8;1-11(2)9(10(11)12)8-6-4-3-5-7-8/h3-7,10-11H,1-2H3;3-7,9-10H,1-2H3,(H,13,14);3-7,9-10H,12H2,1-2H3/t;9-,10+;9-,10-/m.11/s1. The van der Waals surface area contributed by atoms with Gasteiger partial charge in [-0.15, -0.1) is 0 Å². The van der Waals surface area contributed by atoms with Crippen molar-refractivity contribution in [3.05, 3.63) is 108 Å². The second kappa shape index (κ2) is 10.6. The molecule has 0 aromatic heterocycles. The SMILES string of the molecule is CC1(C)C(C#N)C1c1ccccc1.CC1(C)[C@H](C(=O)O)[C@H]1c1ccccc1.CC1(C)[C@H](N)[C@H]1c1ccccc1. The summed E-state index contributed by atoms with van der Waals surface area (Å²) in [6, 6.07) is 33.5. The Morgan fingerprint density at radius 3 is 1.31 bits per heavy atom. The molecule has 3 aromatic rings. The molecule has 39 heavy (non-hydrogen) atoms. The van der Waals surface area contributed by atoms with Crippen LogP contribution in [0.3, 0.4) is 0 Å². The normalized spacial score (nSPS) is 29.7. The average molecular weight is 523 g/mol. The van der Waals surface area contributed by atoms with Crippen LogP contribution in [0.25, 0.3) is 0 Å². The molecule has 3 aromatic carbocycles. The maximum absolute atomic E-state index is 11.0. The Hall–Kier alpha value is -3.42. The summed E-state index contributed by atoms with van der Waals surface area (Å²) in [7, 11) is 0. The molecule has 3 fully saturated rings. The number of benzene rings is 3. The zero-order valence-corrected chi connectivity index (χ0v) is 24.0. The minimum atomic E-state index is -0.677. The van der Waals surface area contributed by atoms with Gasteiger partial charge in [0, 0.05) is 23.8 Å². The van der Waals surface area contributed by atoms with E-state index in [9.17, 15) is 4.79 Å². The van der Waals surface area contributed by atoms with Crippen molar-refractivity contribution >= 4 is 5.97 Å². The number of aliphatic carboxylic acids is 1. The van der Waals surface area contributed by atoms with Gasteiger partial charge in [0.05, 0.1) is 17.9 Å². The predicted molar refractivity (Wildman–Crippen MR) is 157 cm³/mol. The van der Waals surface area contributed by atoms with Crippen LogP contribution in [-0.2, 0) is 4.79 Å². The number of nitrogens with two attached hydrogens (primary N) is 1. The molecule has 3 saturated carbocycles. The highest BCUT2D eigenvalue weighted by Gasteiger charge is 2.62. The van der Waals surface area contributed by atoms with Crippen molar-refractivity contribution in [1.29, 1.82) is 5.26 Å². The Balaban J connectivity index is 0.000000136. The summed E-state index contributed by atoms with van der Waals surface area (Å²) in [6.45, 7) is 12.8. The summed E-state index contributed by atoms with van der Waals surface area (Å²) >= 11 is 0. The van der Waals surface area contributed by atoms with Gasteiger partial charge in [0.25, 0.3) is 0 Å². The fourth-order valence-electron chi connectivity index (χ4n) is 6.52. The summed E-state index contributed by atoms with van der Waals surface area (Å²) < 4.78 is 0. The lowest BCUT2D eigenvalue weighted by Gasteiger charge is -2.01. The van der Waals surface area contributed by atoms with Crippen LogP contribution in [-0.4, -0.2) is 17.1 Å². The van der Waals surface area contributed by atoms with Gasteiger partial charge in [-0.3, -0.25) is 4.79 Å². The van der Waals surface area contributed by atoms with Crippen molar-refractivity contribution < 1.29 is 9.90 Å². The van der Waals surface area contributed by atoms with Crippen LogP contribution in [0.15, 0.2) is 91.0 Å². The summed E-state index contributed by atoms with van der Waals surface area (Å²) in [6.07, 6.45) is 0. The van der Waals surface area contributed by atoms with Crippen LogP contribution in [0.5, 0.6) is 0 Å². The zero-order valence-electron chi connectivity index (χ0n) is 24.0. The van der Waals surface area contributed by atoms with Gasteiger partial charge in [0.1, 0.15) is 0 Å². The minimum absolute atomic E-state index is 0.0901. The maximum Gasteiger partial charge on any atom is 0.307 e. The number of carboxylic acid groups (broad SMARTS) is 1. The van der Waals surface area contributed by atoms with E-state index >= 15 is 0 Å². The molecule has 0 spiro atoms. The lowest BCUT2D eigenvalue weighted by atomic mass is 10.0. The Morgan fingerprint density at radius 1 is 0.667 bits per heavy atom. The molecule has 204 valence electrons. The summed E-state index contributed by atoms with van der Waals surface area (Å²) in [5, 5.41) is 17.9. The Bertz CT molecular complexity index is 1310. The van der Waals surface area contributed by atoms with Crippen molar-refractivity contribution in [2.75, 3.05) is 0 Å². The van der Waals surface area contributed by atoms with Crippen LogP contribution in [0, 0.1) is 39.4 Å². The number of carboxylic acids is 1. The van der Waals surface area contributed by atoms with E-state index in [-0.39, 0.29) is 28.6 Å². The second-order valence-electron chi connectivity index (χ2n) is 13.1. The quantitative estimate of drug-likeness (QED) is 0.369. The van der Waals surface area contributed by atoms with Gasteiger partial charge in [0.15, 0.2) is 0 Å². The third kappa shape index (κ3) is 5.65. The van der Waals surface area contributed by atoms with Gasteiger partial charge in [-0.25, -0.2) is 0 Å². The van der Waals surface area contributed by atoms with E-state index in [1.54, 1.807) is 0 Å². The highest BCUT2D eigenvalue weighted by Crippen LogP contribution is 2.65. The molecule has 6 rings (SSSR count). The molecular weight excluding hydrogens is 480 g/mol. The Labute approximate surface area is 233 Å². The van der Waals surface area contributed by atoms with Crippen LogP contribution >= 0.6 is 0 Å². The van der Waals surface area contributed by atoms with Crippen LogP contribution < -0.4 is 5.73 Å². The van der Waals surface area contributed by atoms with Gasteiger partial charge in [-0.2, -0.15) is 5.26 Å².